The van der Waals surface area contributed by atoms with Crippen LogP contribution in [0, 0.1) is 18.3 Å². The van der Waals surface area contributed by atoms with Gasteiger partial charge in [-0.1, -0.05) is 20.8 Å². The lowest BCUT2D eigenvalue weighted by Crippen LogP contribution is -2.43. The summed E-state index contributed by atoms with van der Waals surface area (Å²) in [6.07, 6.45) is 0. The van der Waals surface area contributed by atoms with E-state index in [2.05, 4.69) is 39.2 Å². The van der Waals surface area contributed by atoms with Crippen molar-refractivity contribution in [1.82, 2.24) is 4.57 Å². The number of nitriles is 1. The molecule has 4 nitrogen and oxygen atoms in total. The van der Waals surface area contributed by atoms with Crippen LogP contribution in [0.4, 0.5) is 20.2 Å². The van der Waals surface area contributed by atoms with Crippen LogP contribution < -0.4 is 9.74 Å². The van der Waals surface area contributed by atoms with E-state index >= 15 is 0 Å². The Morgan fingerprint density at radius 3 is 2.23 bits per heavy atom. The standard InChI is InChI=1S/C19H25F2N3OSi/c1-13-11-16(17(12-22)24(13)18(20)21)23-14-7-9-15(10-8-14)25-26(5,6)19(2,3)4/h7-11,18,23H,1-6H3. The van der Waals surface area contributed by atoms with E-state index in [0.717, 1.165) is 10.3 Å². The van der Waals surface area contributed by atoms with Crippen LogP contribution >= 0.6 is 0 Å². The Kier molecular flexibility index (Phi) is 5.47. The van der Waals surface area contributed by atoms with Crippen molar-refractivity contribution in [3.63, 3.8) is 0 Å². The highest BCUT2D eigenvalue weighted by Gasteiger charge is 2.38. The van der Waals surface area contributed by atoms with Gasteiger partial charge in [0.15, 0.2) is 0 Å². The first kappa shape index (κ1) is 20.0. The van der Waals surface area contributed by atoms with Crippen molar-refractivity contribution in [2.45, 2.75) is 52.4 Å². The number of halogens is 2. The van der Waals surface area contributed by atoms with E-state index < -0.39 is 14.9 Å². The van der Waals surface area contributed by atoms with Crippen molar-refractivity contribution in [2.75, 3.05) is 5.32 Å². The molecule has 7 heteroatoms. The van der Waals surface area contributed by atoms with Gasteiger partial charge in [-0.3, -0.25) is 4.57 Å². The topological polar surface area (TPSA) is 50.0 Å². The van der Waals surface area contributed by atoms with E-state index in [9.17, 15) is 14.0 Å². The lowest BCUT2D eigenvalue weighted by atomic mass is 10.2. The number of rotatable bonds is 5. The number of aryl methyl sites for hydroxylation is 1. The van der Waals surface area contributed by atoms with Gasteiger partial charge in [-0.15, -0.1) is 0 Å². The number of alkyl halides is 2. The van der Waals surface area contributed by atoms with E-state index in [-0.39, 0.29) is 10.7 Å². The molecule has 0 bridgehead atoms. The summed E-state index contributed by atoms with van der Waals surface area (Å²) >= 11 is 0. The highest BCUT2D eigenvalue weighted by Crippen LogP contribution is 2.37. The lowest BCUT2D eigenvalue weighted by Gasteiger charge is -2.36. The molecule has 0 saturated carbocycles. The molecule has 0 spiro atoms. The van der Waals surface area contributed by atoms with Crippen molar-refractivity contribution in [3.05, 3.63) is 41.7 Å². The third-order valence-corrected chi connectivity index (χ3v) is 9.20. The minimum Gasteiger partial charge on any atom is -0.544 e. The normalized spacial score (nSPS) is 12.2. The Morgan fingerprint density at radius 1 is 1.19 bits per heavy atom. The molecule has 0 aliphatic rings. The molecule has 0 radical (unpaired) electrons. The Labute approximate surface area is 154 Å². The van der Waals surface area contributed by atoms with Crippen LogP contribution in [0.3, 0.4) is 0 Å². The number of aromatic nitrogens is 1. The Balaban J connectivity index is 2.21. The van der Waals surface area contributed by atoms with Crippen LogP contribution in [-0.4, -0.2) is 12.9 Å². The molecule has 1 N–H and O–H groups in total. The molecule has 0 saturated heterocycles. The number of benzene rings is 1. The van der Waals surface area contributed by atoms with E-state index in [1.807, 2.05) is 30.3 Å². The van der Waals surface area contributed by atoms with Crippen molar-refractivity contribution in [2.24, 2.45) is 0 Å². The van der Waals surface area contributed by atoms with Gasteiger partial charge >= 0.3 is 6.55 Å². The maximum atomic E-state index is 13.1. The van der Waals surface area contributed by atoms with E-state index in [1.54, 1.807) is 13.0 Å². The molecule has 0 aliphatic heterocycles. The number of nitrogens with one attached hydrogen (secondary N) is 1. The van der Waals surface area contributed by atoms with Crippen LogP contribution in [-0.2, 0) is 0 Å². The Bertz CT molecular complexity index is 815. The van der Waals surface area contributed by atoms with Gasteiger partial charge in [0.05, 0.1) is 5.69 Å². The van der Waals surface area contributed by atoms with Crippen molar-refractivity contribution < 1.29 is 13.2 Å². The van der Waals surface area contributed by atoms with Crippen LogP contribution in [0.15, 0.2) is 30.3 Å². The zero-order chi connectivity index (χ0) is 19.7. The monoisotopic (exact) mass is 377 g/mol. The first-order chi connectivity index (χ1) is 12.0. The van der Waals surface area contributed by atoms with Gasteiger partial charge in [-0.25, -0.2) is 0 Å². The summed E-state index contributed by atoms with van der Waals surface area (Å²) in [5.41, 5.74) is 1.31. The second-order valence-corrected chi connectivity index (χ2v) is 12.5. The number of hydrogen-bond donors (Lipinski definition) is 1. The predicted octanol–water partition coefficient (Wildman–Crippen LogP) is 6.19. The molecular weight excluding hydrogens is 352 g/mol. The van der Waals surface area contributed by atoms with Gasteiger partial charge in [-0.2, -0.15) is 14.0 Å². The van der Waals surface area contributed by atoms with Gasteiger partial charge < -0.3 is 9.74 Å². The average molecular weight is 378 g/mol. The second kappa shape index (κ2) is 7.12. The summed E-state index contributed by atoms with van der Waals surface area (Å²) in [6, 6.07) is 10.7. The summed E-state index contributed by atoms with van der Waals surface area (Å²) in [4.78, 5) is 0. The van der Waals surface area contributed by atoms with Crippen LogP contribution in [0.1, 0.15) is 38.7 Å². The smallest absolute Gasteiger partial charge is 0.319 e. The van der Waals surface area contributed by atoms with Gasteiger partial charge in [0, 0.05) is 11.4 Å². The molecule has 1 heterocycles. The Morgan fingerprint density at radius 2 is 1.77 bits per heavy atom. The fraction of sp³-hybridized carbons (Fsp3) is 0.421. The summed E-state index contributed by atoms with van der Waals surface area (Å²) in [5.74, 6) is 0.781. The number of anilines is 2. The minimum atomic E-state index is -2.75. The van der Waals surface area contributed by atoms with Gasteiger partial charge in [0.1, 0.15) is 17.5 Å². The SMILES string of the molecule is Cc1cc(Nc2ccc(O[Si](C)(C)C(C)(C)C)cc2)c(C#N)n1C(F)F. The third kappa shape index (κ3) is 4.07. The van der Waals surface area contributed by atoms with Gasteiger partial charge in [0.2, 0.25) is 8.32 Å². The highest BCUT2D eigenvalue weighted by atomic mass is 28.4. The molecule has 140 valence electrons. The second-order valence-electron chi connectivity index (χ2n) is 7.82. The van der Waals surface area contributed by atoms with Crippen molar-refractivity contribution in [3.8, 4) is 11.8 Å². The van der Waals surface area contributed by atoms with Crippen LogP contribution in [0.5, 0.6) is 5.75 Å². The molecule has 0 fully saturated rings. The molecule has 0 amide bonds. The van der Waals surface area contributed by atoms with Crippen molar-refractivity contribution >= 4 is 19.7 Å². The molecule has 0 unspecified atom stereocenters. The first-order valence-corrected chi connectivity index (χ1v) is 11.3. The van der Waals surface area contributed by atoms with Crippen LogP contribution in [0.25, 0.3) is 0 Å². The summed E-state index contributed by atoms with van der Waals surface area (Å²) < 4.78 is 33.2. The first-order valence-electron chi connectivity index (χ1n) is 8.42. The maximum Gasteiger partial charge on any atom is 0.319 e. The van der Waals surface area contributed by atoms with E-state index in [4.69, 9.17) is 4.43 Å². The predicted molar refractivity (Wildman–Crippen MR) is 103 cm³/mol. The third-order valence-electron chi connectivity index (χ3n) is 4.84. The molecule has 0 atom stereocenters. The molecule has 1 aromatic heterocycles. The fourth-order valence-electron chi connectivity index (χ4n) is 2.32. The maximum absolute atomic E-state index is 13.1. The summed E-state index contributed by atoms with van der Waals surface area (Å²) in [7, 11) is -1.92. The van der Waals surface area contributed by atoms with E-state index in [1.165, 1.54) is 0 Å². The average Bonchev–Trinajstić information content (AvgIpc) is 2.83. The molecular formula is C19H25F2N3OSi. The molecule has 2 aromatic rings. The fourth-order valence-corrected chi connectivity index (χ4v) is 3.35. The summed E-state index contributed by atoms with van der Waals surface area (Å²) in [6.45, 7) is 9.68. The molecule has 26 heavy (non-hydrogen) atoms. The minimum absolute atomic E-state index is 0.0842. The van der Waals surface area contributed by atoms with E-state index in [0.29, 0.717) is 17.1 Å². The van der Waals surface area contributed by atoms with Crippen molar-refractivity contribution in [1.29, 1.82) is 5.26 Å². The largest absolute Gasteiger partial charge is 0.544 e. The van der Waals surface area contributed by atoms with Gasteiger partial charge in [0.25, 0.3) is 0 Å². The van der Waals surface area contributed by atoms with Gasteiger partial charge in [-0.05, 0) is 55.4 Å². The lowest BCUT2D eigenvalue weighted by molar-refractivity contribution is 0.0679. The summed E-state index contributed by atoms with van der Waals surface area (Å²) in [5, 5.41) is 12.4. The highest BCUT2D eigenvalue weighted by molar-refractivity contribution is 6.74. The molecule has 0 aliphatic carbocycles. The molecule has 1 aromatic carbocycles. The quantitative estimate of drug-likeness (QED) is 0.632. The zero-order valence-electron chi connectivity index (χ0n) is 16.0. The Hall–Kier alpha value is -2.33. The molecule has 2 rings (SSSR count). The number of hydrogen-bond acceptors (Lipinski definition) is 3. The number of nitrogens with zero attached hydrogens (tertiary/aromatic N) is 2. The zero-order valence-corrected chi connectivity index (χ0v) is 17.0. The van der Waals surface area contributed by atoms with Crippen LogP contribution in [0.2, 0.25) is 18.1 Å².